The lowest BCUT2D eigenvalue weighted by Crippen LogP contribution is -2.26. The molecule has 19 heavy (non-hydrogen) atoms. The van der Waals surface area contributed by atoms with Crippen LogP contribution in [0.5, 0.6) is 0 Å². The van der Waals surface area contributed by atoms with Crippen molar-refractivity contribution in [3.8, 4) is 11.1 Å². The first-order chi connectivity index (χ1) is 9.33. The highest BCUT2D eigenvalue weighted by Gasteiger charge is 2.04. The van der Waals surface area contributed by atoms with Gasteiger partial charge in [-0.2, -0.15) is 0 Å². The minimum Gasteiger partial charge on any atom is -0.395 e. The molecule has 1 aromatic heterocycles. The molecule has 0 saturated heterocycles. The Balaban J connectivity index is 2.15. The van der Waals surface area contributed by atoms with Crippen molar-refractivity contribution < 1.29 is 5.11 Å². The van der Waals surface area contributed by atoms with Crippen LogP contribution in [0.15, 0.2) is 48.8 Å². The van der Waals surface area contributed by atoms with Crippen molar-refractivity contribution in [2.24, 2.45) is 0 Å². The van der Waals surface area contributed by atoms with E-state index in [1.54, 1.807) is 0 Å². The van der Waals surface area contributed by atoms with Crippen LogP contribution in [0.2, 0.25) is 0 Å². The van der Waals surface area contributed by atoms with Gasteiger partial charge in [-0.25, -0.2) is 0 Å². The second kappa shape index (κ2) is 7.02. The molecule has 0 aliphatic heterocycles. The van der Waals surface area contributed by atoms with Gasteiger partial charge in [0.05, 0.1) is 6.61 Å². The normalized spacial score (nSPS) is 10.9. The number of aromatic nitrogens is 1. The van der Waals surface area contributed by atoms with Crippen molar-refractivity contribution in [3.63, 3.8) is 0 Å². The van der Waals surface area contributed by atoms with Crippen LogP contribution in [-0.4, -0.2) is 34.7 Å². The van der Waals surface area contributed by atoms with Crippen LogP contribution in [0.1, 0.15) is 12.5 Å². The minimum absolute atomic E-state index is 0.206. The van der Waals surface area contributed by atoms with Crippen LogP contribution in [0.4, 0.5) is 0 Å². The molecule has 0 atom stereocenters. The number of nitrogens with zero attached hydrogens (tertiary/aromatic N) is 2. The Bertz CT molecular complexity index is 499. The summed E-state index contributed by atoms with van der Waals surface area (Å²) < 4.78 is 0. The van der Waals surface area contributed by atoms with Crippen molar-refractivity contribution in [1.82, 2.24) is 9.88 Å². The van der Waals surface area contributed by atoms with Crippen molar-refractivity contribution in [3.05, 3.63) is 54.4 Å². The lowest BCUT2D eigenvalue weighted by molar-refractivity contribution is 0.197. The number of benzene rings is 1. The fraction of sp³-hybridized carbons (Fsp3) is 0.312. The van der Waals surface area contributed by atoms with Gasteiger partial charge in [0.15, 0.2) is 0 Å². The second-order valence-electron chi connectivity index (χ2n) is 4.53. The molecule has 3 heteroatoms. The Kier molecular flexibility index (Phi) is 5.07. The van der Waals surface area contributed by atoms with E-state index in [4.69, 9.17) is 5.11 Å². The van der Waals surface area contributed by atoms with Crippen LogP contribution >= 0.6 is 0 Å². The molecule has 0 saturated carbocycles. The lowest BCUT2D eigenvalue weighted by Gasteiger charge is -2.19. The summed E-state index contributed by atoms with van der Waals surface area (Å²) in [6.07, 6.45) is 3.62. The molecular weight excluding hydrogens is 236 g/mol. The number of pyridine rings is 1. The van der Waals surface area contributed by atoms with Crippen molar-refractivity contribution >= 4 is 0 Å². The molecule has 0 aliphatic carbocycles. The van der Waals surface area contributed by atoms with Gasteiger partial charge in [-0.1, -0.05) is 25.1 Å². The van der Waals surface area contributed by atoms with Crippen molar-refractivity contribution in [1.29, 1.82) is 0 Å². The molecule has 1 N–H and O–H groups in total. The smallest absolute Gasteiger partial charge is 0.0558 e. The summed E-state index contributed by atoms with van der Waals surface area (Å²) in [6.45, 7) is 4.85. The first kappa shape index (κ1) is 13.7. The highest BCUT2D eigenvalue weighted by atomic mass is 16.3. The third-order valence-corrected chi connectivity index (χ3v) is 3.21. The van der Waals surface area contributed by atoms with E-state index in [0.29, 0.717) is 0 Å². The Morgan fingerprint density at radius 1 is 1.11 bits per heavy atom. The lowest BCUT2D eigenvalue weighted by atomic mass is 10.0. The number of aliphatic hydroxyl groups excluding tert-OH is 1. The summed E-state index contributed by atoms with van der Waals surface area (Å²) in [5.41, 5.74) is 3.66. The highest BCUT2D eigenvalue weighted by molar-refractivity contribution is 5.63. The van der Waals surface area contributed by atoms with E-state index in [2.05, 4.69) is 41.1 Å². The maximum absolute atomic E-state index is 9.03. The molecule has 0 fully saturated rings. The minimum atomic E-state index is 0.206. The maximum atomic E-state index is 9.03. The van der Waals surface area contributed by atoms with E-state index in [1.807, 2.05) is 24.5 Å². The van der Waals surface area contributed by atoms with Crippen LogP contribution < -0.4 is 0 Å². The summed E-state index contributed by atoms with van der Waals surface area (Å²) in [4.78, 5) is 6.27. The van der Waals surface area contributed by atoms with Gasteiger partial charge in [0.2, 0.25) is 0 Å². The highest BCUT2D eigenvalue weighted by Crippen LogP contribution is 2.20. The molecule has 1 heterocycles. The summed E-state index contributed by atoms with van der Waals surface area (Å²) in [5, 5.41) is 9.03. The predicted molar refractivity (Wildman–Crippen MR) is 77.7 cm³/mol. The first-order valence-corrected chi connectivity index (χ1v) is 6.66. The first-order valence-electron chi connectivity index (χ1n) is 6.66. The standard InChI is InChI=1S/C16H20N2O/c1-2-18(10-11-19)13-14-4-3-5-16(12-14)15-6-8-17-9-7-15/h3-9,12,19H,2,10-11,13H2,1H3. The summed E-state index contributed by atoms with van der Waals surface area (Å²) in [7, 11) is 0. The van der Waals surface area contributed by atoms with Gasteiger partial charge >= 0.3 is 0 Å². The van der Waals surface area contributed by atoms with Gasteiger partial charge in [-0.15, -0.1) is 0 Å². The monoisotopic (exact) mass is 256 g/mol. The molecule has 3 nitrogen and oxygen atoms in total. The average molecular weight is 256 g/mol. The molecule has 1 aromatic carbocycles. The largest absolute Gasteiger partial charge is 0.395 e. The SMILES string of the molecule is CCN(CCO)Cc1cccc(-c2ccncc2)c1. The number of aliphatic hydroxyl groups is 1. The molecular formula is C16H20N2O. The Morgan fingerprint density at radius 3 is 2.58 bits per heavy atom. The molecule has 100 valence electrons. The van der Waals surface area contributed by atoms with E-state index in [1.165, 1.54) is 16.7 Å². The van der Waals surface area contributed by atoms with Crippen LogP contribution in [-0.2, 0) is 6.54 Å². The number of hydrogen-bond donors (Lipinski definition) is 1. The third kappa shape index (κ3) is 3.88. The van der Waals surface area contributed by atoms with Gasteiger partial charge in [0.1, 0.15) is 0 Å². The van der Waals surface area contributed by atoms with E-state index in [0.717, 1.165) is 19.6 Å². The molecule has 2 rings (SSSR count). The fourth-order valence-electron chi connectivity index (χ4n) is 2.14. The molecule has 0 spiro atoms. The van der Waals surface area contributed by atoms with Gasteiger partial charge in [-0.3, -0.25) is 9.88 Å². The van der Waals surface area contributed by atoms with Gasteiger partial charge in [-0.05, 0) is 41.4 Å². The zero-order valence-electron chi connectivity index (χ0n) is 11.3. The molecule has 0 amide bonds. The molecule has 0 radical (unpaired) electrons. The van der Waals surface area contributed by atoms with Gasteiger partial charge < -0.3 is 5.11 Å². The van der Waals surface area contributed by atoms with Crippen molar-refractivity contribution in [2.75, 3.05) is 19.7 Å². The molecule has 0 aliphatic rings. The van der Waals surface area contributed by atoms with E-state index < -0.39 is 0 Å². The van der Waals surface area contributed by atoms with Crippen molar-refractivity contribution in [2.45, 2.75) is 13.5 Å². The maximum Gasteiger partial charge on any atom is 0.0558 e. The number of likely N-dealkylation sites (N-methyl/N-ethyl adjacent to an activating group) is 1. The Hall–Kier alpha value is -1.71. The van der Waals surface area contributed by atoms with E-state index in [9.17, 15) is 0 Å². The van der Waals surface area contributed by atoms with Gasteiger partial charge in [0.25, 0.3) is 0 Å². The molecule has 0 bridgehead atoms. The quantitative estimate of drug-likeness (QED) is 0.863. The van der Waals surface area contributed by atoms with E-state index in [-0.39, 0.29) is 6.61 Å². The fourth-order valence-corrected chi connectivity index (χ4v) is 2.14. The predicted octanol–water partition coefficient (Wildman–Crippen LogP) is 2.56. The summed E-state index contributed by atoms with van der Waals surface area (Å²) in [5.74, 6) is 0. The number of rotatable bonds is 6. The molecule has 2 aromatic rings. The Morgan fingerprint density at radius 2 is 1.89 bits per heavy atom. The topological polar surface area (TPSA) is 36.4 Å². The van der Waals surface area contributed by atoms with E-state index >= 15 is 0 Å². The van der Waals surface area contributed by atoms with Gasteiger partial charge in [0, 0.05) is 25.5 Å². The third-order valence-electron chi connectivity index (χ3n) is 3.21. The number of hydrogen-bond acceptors (Lipinski definition) is 3. The Labute approximate surface area is 114 Å². The van der Waals surface area contributed by atoms with Crippen LogP contribution in [0, 0.1) is 0 Å². The van der Waals surface area contributed by atoms with Crippen LogP contribution in [0.3, 0.4) is 0 Å². The average Bonchev–Trinajstić information content (AvgIpc) is 2.48. The summed E-state index contributed by atoms with van der Waals surface area (Å²) >= 11 is 0. The second-order valence-corrected chi connectivity index (χ2v) is 4.53. The summed E-state index contributed by atoms with van der Waals surface area (Å²) in [6, 6.07) is 12.6. The van der Waals surface area contributed by atoms with Crippen LogP contribution in [0.25, 0.3) is 11.1 Å². The molecule has 0 unspecified atom stereocenters. The zero-order chi connectivity index (χ0) is 13.5. The zero-order valence-corrected chi connectivity index (χ0v) is 11.3.